The monoisotopic (exact) mass is 361 g/mol. The number of hydrogen-bond donors (Lipinski definition) is 1. The van der Waals surface area contributed by atoms with E-state index in [-0.39, 0.29) is 5.91 Å². The molecule has 0 bridgehead atoms. The lowest BCUT2D eigenvalue weighted by Gasteiger charge is -2.16. The lowest BCUT2D eigenvalue weighted by Crippen LogP contribution is -2.30. The van der Waals surface area contributed by atoms with E-state index in [4.69, 9.17) is 13.9 Å². The largest absolute Gasteiger partial charge is 0.495 e. The molecule has 4 rings (SSSR count). The lowest BCUT2D eigenvalue weighted by atomic mass is 10.1. The van der Waals surface area contributed by atoms with E-state index >= 15 is 0 Å². The van der Waals surface area contributed by atoms with E-state index in [0.717, 1.165) is 16.4 Å². The van der Waals surface area contributed by atoms with Gasteiger partial charge < -0.3 is 19.2 Å². The van der Waals surface area contributed by atoms with Crippen molar-refractivity contribution in [1.82, 2.24) is 0 Å². The van der Waals surface area contributed by atoms with Gasteiger partial charge in [-0.3, -0.25) is 4.79 Å². The maximum Gasteiger partial charge on any atom is 0.265 e. The van der Waals surface area contributed by atoms with E-state index in [1.165, 1.54) is 0 Å². The third-order valence-electron chi connectivity index (χ3n) is 4.38. The van der Waals surface area contributed by atoms with Crippen LogP contribution in [0.2, 0.25) is 0 Å². The molecule has 27 heavy (non-hydrogen) atoms. The predicted octanol–water partition coefficient (Wildman–Crippen LogP) is 5.00. The molecule has 1 heterocycles. The fourth-order valence-corrected chi connectivity index (χ4v) is 3.01. The molecule has 0 aliphatic carbocycles. The van der Waals surface area contributed by atoms with E-state index in [1.807, 2.05) is 60.7 Å². The van der Waals surface area contributed by atoms with E-state index in [0.29, 0.717) is 22.8 Å². The summed E-state index contributed by atoms with van der Waals surface area (Å²) in [6.45, 7) is 1.70. The Morgan fingerprint density at radius 2 is 1.70 bits per heavy atom. The number of amides is 1. The van der Waals surface area contributed by atoms with Gasteiger partial charge in [0.15, 0.2) is 6.10 Å². The van der Waals surface area contributed by atoms with Gasteiger partial charge in [0.05, 0.1) is 12.8 Å². The molecule has 1 atom stereocenters. The van der Waals surface area contributed by atoms with Crippen molar-refractivity contribution in [3.63, 3.8) is 0 Å². The van der Waals surface area contributed by atoms with Crippen LogP contribution in [0.25, 0.3) is 21.9 Å². The Hall–Kier alpha value is -3.47. The van der Waals surface area contributed by atoms with Crippen molar-refractivity contribution in [2.45, 2.75) is 13.0 Å². The molecule has 0 unspecified atom stereocenters. The molecule has 0 spiro atoms. The molecule has 1 aromatic heterocycles. The van der Waals surface area contributed by atoms with Crippen molar-refractivity contribution in [3.05, 3.63) is 66.7 Å². The third-order valence-corrected chi connectivity index (χ3v) is 4.38. The first kappa shape index (κ1) is 17.0. The second-order valence-electron chi connectivity index (χ2n) is 6.21. The Kier molecular flexibility index (Phi) is 4.42. The average molecular weight is 361 g/mol. The highest BCUT2D eigenvalue weighted by atomic mass is 16.5. The highest BCUT2D eigenvalue weighted by molar-refractivity contribution is 6.08. The van der Waals surface area contributed by atoms with Crippen molar-refractivity contribution in [3.8, 4) is 11.5 Å². The Morgan fingerprint density at radius 1 is 0.963 bits per heavy atom. The standard InChI is InChI=1S/C22H19NO4/c1-14(26-15-8-4-3-5-9-15)22(24)23-18-13-20-17(12-21(18)25-2)16-10-6-7-11-19(16)27-20/h3-14H,1-2H3,(H,23,24)/t14-/m1/s1. The lowest BCUT2D eigenvalue weighted by molar-refractivity contribution is -0.122. The number of nitrogens with one attached hydrogen (secondary N) is 1. The summed E-state index contributed by atoms with van der Waals surface area (Å²) in [5.41, 5.74) is 2.01. The Bertz CT molecular complexity index is 1100. The molecule has 0 radical (unpaired) electrons. The van der Waals surface area contributed by atoms with Crippen LogP contribution in [-0.2, 0) is 4.79 Å². The number of methoxy groups -OCH3 is 1. The van der Waals surface area contributed by atoms with Gasteiger partial charge in [0.25, 0.3) is 5.91 Å². The van der Waals surface area contributed by atoms with Crippen molar-refractivity contribution in [2.75, 3.05) is 12.4 Å². The molecule has 1 amide bonds. The fraction of sp³-hybridized carbons (Fsp3) is 0.136. The molecule has 5 heteroatoms. The van der Waals surface area contributed by atoms with Gasteiger partial charge in [-0.25, -0.2) is 0 Å². The highest BCUT2D eigenvalue weighted by Crippen LogP contribution is 2.36. The summed E-state index contributed by atoms with van der Waals surface area (Å²) in [5.74, 6) is 0.932. The summed E-state index contributed by atoms with van der Waals surface area (Å²) >= 11 is 0. The summed E-state index contributed by atoms with van der Waals surface area (Å²) in [6, 6.07) is 20.7. The number of benzene rings is 3. The smallest absolute Gasteiger partial charge is 0.265 e. The van der Waals surface area contributed by atoms with Crippen LogP contribution in [-0.4, -0.2) is 19.1 Å². The first-order chi connectivity index (χ1) is 13.2. The number of para-hydroxylation sites is 2. The number of furan rings is 1. The van der Waals surface area contributed by atoms with Crippen molar-refractivity contribution >= 4 is 33.5 Å². The van der Waals surface area contributed by atoms with Crippen LogP contribution in [0.4, 0.5) is 5.69 Å². The number of carbonyl (C=O) groups is 1. The van der Waals surface area contributed by atoms with Crippen LogP contribution in [0.1, 0.15) is 6.92 Å². The second-order valence-corrected chi connectivity index (χ2v) is 6.21. The van der Waals surface area contributed by atoms with Gasteiger partial charge in [-0.2, -0.15) is 0 Å². The zero-order chi connectivity index (χ0) is 18.8. The predicted molar refractivity (Wildman–Crippen MR) is 105 cm³/mol. The van der Waals surface area contributed by atoms with E-state index in [9.17, 15) is 4.79 Å². The third kappa shape index (κ3) is 3.31. The van der Waals surface area contributed by atoms with Gasteiger partial charge in [-0.05, 0) is 31.2 Å². The van der Waals surface area contributed by atoms with Crippen molar-refractivity contribution in [2.24, 2.45) is 0 Å². The summed E-state index contributed by atoms with van der Waals surface area (Å²) in [4.78, 5) is 12.6. The number of hydrogen-bond acceptors (Lipinski definition) is 4. The Morgan fingerprint density at radius 3 is 2.48 bits per heavy atom. The molecule has 3 aromatic carbocycles. The number of carbonyl (C=O) groups excluding carboxylic acids is 1. The molecule has 136 valence electrons. The molecule has 5 nitrogen and oxygen atoms in total. The molecule has 4 aromatic rings. The molecule has 1 N–H and O–H groups in total. The van der Waals surface area contributed by atoms with Crippen LogP contribution in [0.5, 0.6) is 11.5 Å². The molecular formula is C22H19NO4. The summed E-state index contributed by atoms with van der Waals surface area (Å²) in [6.07, 6.45) is -0.663. The number of ether oxygens (including phenoxy) is 2. The van der Waals surface area contributed by atoms with Crippen LogP contribution in [0.3, 0.4) is 0 Å². The number of fused-ring (bicyclic) bond motifs is 3. The van der Waals surface area contributed by atoms with Crippen LogP contribution < -0.4 is 14.8 Å². The minimum Gasteiger partial charge on any atom is -0.495 e. The quantitative estimate of drug-likeness (QED) is 0.543. The van der Waals surface area contributed by atoms with Gasteiger partial charge in [0.2, 0.25) is 0 Å². The van der Waals surface area contributed by atoms with Gasteiger partial charge in [-0.15, -0.1) is 0 Å². The van der Waals surface area contributed by atoms with Gasteiger partial charge in [0.1, 0.15) is 22.7 Å². The normalized spacial score (nSPS) is 12.1. The molecule has 0 aliphatic rings. The molecule has 0 fully saturated rings. The van der Waals surface area contributed by atoms with E-state index in [1.54, 1.807) is 20.1 Å². The number of anilines is 1. The van der Waals surface area contributed by atoms with Crippen LogP contribution in [0, 0.1) is 0 Å². The maximum atomic E-state index is 12.6. The van der Waals surface area contributed by atoms with Crippen molar-refractivity contribution in [1.29, 1.82) is 0 Å². The number of rotatable bonds is 5. The highest BCUT2D eigenvalue weighted by Gasteiger charge is 2.18. The summed E-state index contributed by atoms with van der Waals surface area (Å²) in [7, 11) is 1.57. The Labute approximate surface area is 156 Å². The van der Waals surface area contributed by atoms with Crippen LogP contribution >= 0.6 is 0 Å². The molecule has 0 saturated carbocycles. The van der Waals surface area contributed by atoms with Crippen molar-refractivity contribution < 1.29 is 18.7 Å². The summed E-state index contributed by atoms with van der Waals surface area (Å²) in [5, 5.41) is 4.81. The topological polar surface area (TPSA) is 60.7 Å². The van der Waals surface area contributed by atoms with E-state index < -0.39 is 6.10 Å². The first-order valence-electron chi connectivity index (χ1n) is 8.67. The first-order valence-corrected chi connectivity index (χ1v) is 8.67. The zero-order valence-corrected chi connectivity index (χ0v) is 15.1. The zero-order valence-electron chi connectivity index (χ0n) is 15.1. The van der Waals surface area contributed by atoms with Gasteiger partial charge in [0, 0.05) is 16.8 Å². The molecular weight excluding hydrogens is 342 g/mol. The second kappa shape index (κ2) is 7.03. The SMILES string of the molecule is COc1cc2c(cc1NC(=O)[C@@H](C)Oc1ccccc1)oc1ccccc12. The summed E-state index contributed by atoms with van der Waals surface area (Å²) < 4.78 is 17.0. The molecule has 0 aliphatic heterocycles. The minimum absolute atomic E-state index is 0.271. The minimum atomic E-state index is -0.663. The maximum absolute atomic E-state index is 12.6. The van der Waals surface area contributed by atoms with Crippen LogP contribution in [0.15, 0.2) is 71.1 Å². The Balaban J connectivity index is 1.62. The fourth-order valence-electron chi connectivity index (χ4n) is 3.01. The average Bonchev–Trinajstić information content (AvgIpc) is 3.05. The van der Waals surface area contributed by atoms with Gasteiger partial charge >= 0.3 is 0 Å². The molecule has 0 saturated heterocycles. The van der Waals surface area contributed by atoms with Gasteiger partial charge in [-0.1, -0.05) is 36.4 Å². The van der Waals surface area contributed by atoms with E-state index in [2.05, 4.69) is 5.32 Å².